The predicted molar refractivity (Wildman–Crippen MR) is 45.5 cm³/mol. The Bertz CT molecular complexity index is 186. The summed E-state index contributed by atoms with van der Waals surface area (Å²) in [5.41, 5.74) is 2.22. The first-order valence-electron chi connectivity index (χ1n) is 4.15. The molecule has 70 valence electrons. The molecule has 0 radical (unpaired) electrons. The summed E-state index contributed by atoms with van der Waals surface area (Å²) in [5, 5.41) is 1.83. The van der Waals surface area contributed by atoms with E-state index in [-0.39, 0.29) is 6.09 Å². The lowest BCUT2D eigenvalue weighted by atomic mass is 10.2. The van der Waals surface area contributed by atoms with Crippen LogP contribution < -0.4 is 5.43 Å². The summed E-state index contributed by atoms with van der Waals surface area (Å²) in [6.07, 6.45) is -0.369. The van der Waals surface area contributed by atoms with Crippen LogP contribution >= 0.6 is 0 Å². The first-order chi connectivity index (χ1) is 5.38. The van der Waals surface area contributed by atoms with E-state index in [1.165, 1.54) is 0 Å². The van der Waals surface area contributed by atoms with Crippen LogP contribution in [0, 0.1) is 0 Å². The van der Waals surface area contributed by atoms with Crippen molar-refractivity contribution in [3.63, 3.8) is 0 Å². The van der Waals surface area contributed by atoms with Gasteiger partial charge in [0.15, 0.2) is 0 Å². The SMILES string of the molecule is CC1CN1NC(=O)OC(C)(C)C. The number of carbonyl (C=O) groups excluding carboxylic acids is 1. The Kier molecular flexibility index (Phi) is 2.28. The van der Waals surface area contributed by atoms with E-state index in [2.05, 4.69) is 5.43 Å². The lowest BCUT2D eigenvalue weighted by Gasteiger charge is -2.19. The number of amides is 1. The van der Waals surface area contributed by atoms with Gasteiger partial charge in [-0.05, 0) is 27.7 Å². The fourth-order valence-electron chi connectivity index (χ4n) is 0.812. The first-order valence-corrected chi connectivity index (χ1v) is 4.15. The zero-order chi connectivity index (χ0) is 9.35. The molecule has 0 spiro atoms. The van der Waals surface area contributed by atoms with E-state index in [9.17, 15) is 4.79 Å². The maximum Gasteiger partial charge on any atom is 0.422 e. The lowest BCUT2D eigenvalue weighted by molar-refractivity contribution is 0.0440. The van der Waals surface area contributed by atoms with Crippen molar-refractivity contribution in [2.24, 2.45) is 0 Å². The molecule has 1 amide bonds. The summed E-state index contributed by atoms with van der Waals surface area (Å²) in [5.74, 6) is 0. The summed E-state index contributed by atoms with van der Waals surface area (Å²) >= 11 is 0. The molecule has 2 unspecified atom stereocenters. The number of hydrazine groups is 1. The summed E-state index contributed by atoms with van der Waals surface area (Å²) in [4.78, 5) is 11.1. The van der Waals surface area contributed by atoms with Gasteiger partial charge in [0.2, 0.25) is 0 Å². The molecular formula is C8H16N2O2. The van der Waals surface area contributed by atoms with E-state index in [0.29, 0.717) is 6.04 Å². The number of hydrogen-bond donors (Lipinski definition) is 1. The van der Waals surface area contributed by atoms with Crippen molar-refractivity contribution in [2.75, 3.05) is 6.54 Å². The third-order valence-corrected chi connectivity index (χ3v) is 1.49. The van der Waals surface area contributed by atoms with Crippen molar-refractivity contribution >= 4 is 6.09 Å². The topological polar surface area (TPSA) is 41.3 Å². The van der Waals surface area contributed by atoms with E-state index < -0.39 is 5.60 Å². The molecule has 0 aromatic rings. The van der Waals surface area contributed by atoms with Gasteiger partial charge in [-0.15, -0.1) is 0 Å². The van der Waals surface area contributed by atoms with Crippen molar-refractivity contribution < 1.29 is 9.53 Å². The predicted octanol–water partition coefficient (Wildman–Crippen LogP) is 1.13. The average molecular weight is 172 g/mol. The molecule has 12 heavy (non-hydrogen) atoms. The van der Waals surface area contributed by atoms with Crippen LogP contribution in [0.5, 0.6) is 0 Å². The van der Waals surface area contributed by atoms with Gasteiger partial charge in [0.05, 0.1) is 0 Å². The molecule has 1 rings (SSSR count). The van der Waals surface area contributed by atoms with Crippen LogP contribution in [-0.2, 0) is 4.74 Å². The van der Waals surface area contributed by atoms with Crippen molar-refractivity contribution in [1.29, 1.82) is 0 Å². The lowest BCUT2D eigenvalue weighted by Crippen LogP contribution is -2.36. The van der Waals surface area contributed by atoms with Gasteiger partial charge in [-0.3, -0.25) is 5.43 Å². The summed E-state index contributed by atoms with van der Waals surface area (Å²) in [6.45, 7) is 8.49. The molecule has 1 heterocycles. The minimum Gasteiger partial charge on any atom is -0.443 e. The van der Waals surface area contributed by atoms with Crippen LogP contribution in [0.1, 0.15) is 27.7 Å². The monoisotopic (exact) mass is 172 g/mol. The van der Waals surface area contributed by atoms with Gasteiger partial charge >= 0.3 is 6.09 Å². The Hall–Kier alpha value is -0.770. The second-order valence-corrected chi connectivity index (χ2v) is 4.12. The molecule has 1 aliphatic heterocycles. The van der Waals surface area contributed by atoms with Crippen LogP contribution in [0.3, 0.4) is 0 Å². The molecule has 1 N–H and O–H groups in total. The van der Waals surface area contributed by atoms with Crippen molar-refractivity contribution in [2.45, 2.75) is 39.3 Å². The quantitative estimate of drug-likeness (QED) is 0.603. The summed E-state index contributed by atoms with van der Waals surface area (Å²) in [7, 11) is 0. The molecule has 0 aromatic heterocycles. The molecule has 1 saturated heterocycles. The van der Waals surface area contributed by atoms with E-state index in [1.807, 2.05) is 32.7 Å². The standard InChI is InChI=1S/C8H16N2O2/c1-6-5-10(6)9-7(11)12-8(2,3)4/h6H,5H2,1-4H3,(H,9,11). The van der Waals surface area contributed by atoms with Crippen LogP contribution in [-0.4, -0.2) is 29.3 Å². The molecule has 4 nitrogen and oxygen atoms in total. The molecule has 1 aliphatic rings. The highest BCUT2D eigenvalue weighted by Gasteiger charge is 2.32. The second-order valence-electron chi connectivity index (χ2n) is 4.12. The van der Waals surface area contributed by atoms with E-state index in [4.69, 9.17) is 4.74 Å². The Morgan fingerprint density at radius 3 is 2.42 bits per heavy atom. The smallest absolute Gasteiger partial charge is 0.422 e. The fourth-order valence-corrected chi connectivity index (χ4v) is 0.812. The number of rotatable bonds is 1. The average Bonchev–Trinajstić information content (AvgIpc) is 2.40. The molecule has 1 fully saturated rings. The number of nitrogens with one attached hydrogen (secondary N) is 1. The van der Waals surface area contributed by atoms with Gasteiger partial charge in [0, 0.05) is 12.6 Å². The molecule has 2 atom stereocenters. The van der Waals surface area contributed by atoms with Crippen LogP contribution in [0.2, 0.25) is 0 Å². The van der Waals surface area contributed by atoms with Gasteiger partial charge < -0.3 is 4.74 Å². The van der Waals surface area contributed by atoms with Crippen molar-refractivity contribution in [1.82, 2.24) is 10.4 Å². The highest BCUT2D eigenvalue weighted by Crippen LogP contribution is 2.13. The molecule has 0 aromatic carbocycles. The zero-order valence-electron chi connectivity index (χ0n) is 8.05. The van der Waals surface area contributed by atoms with Crippen LogP contribution in [0.4, 0.5) is 4.79 Å². The molecule has 0 aliphatic carbocycles. The number of carbonyl (C=O) groups is 1. The van der Waals surface area contributed by atoms with E-state index >= 15 is 0 Å². The Morgan fingerprint density at radius 2 is 2.08 bits per heavy atom. The van der Waals surface area contributed by atoms with Crippen LogP contribution in [0.25, 0.3) is 0 Å². The van der Waals surface area contributed by atoms with Gasteiger partial charge in [-0.25, -0.2) is 9.80 Å². The normalized spacial score (nSPS) is 28.0. The third kappa shape index (κ3) is 3.09. The second kappa shape index (κ2) is 2.94. The van der Waals surface area contributed by atoms with E-state index in [1.54, 1.807) is 0 Å². The minimum absolute atomic E-state index is 0.369. The van der Waals surface area contributed by atoms with Gasteiger partial charge in [-0.1, -0.05) is 0 Å². The molecule has 0 bridgehead atoms. The van der Waals surface area contributed by atoms with Gasteiger partial charge in [0.25, 0.3) is 0 Å². The maximum atomic E-state index is 11.1. The van der Waals surface area contributed by atoms with Crippen LogP contribution in [0.15, 0.2) is 0 Å². The van der Waals surface area contributed by atoms with Gasteiger partial charge in [0.1, 0.15) is 5.60 Å². The molecule has 0 saturated carbocycles. The fraction of sp³-hybridized carbons (Fsp3) is 0.875. The van der Waals surface area contributed by atoms with Crippen molar-refractivity contribution in [3.8, 4) is 0 Å². The first kappa shape index (κ1) is 9.32. The third-order valence-electron chi connectivity index (χ3n) is 1.49. The van der Waals surface area contributed by atoms with Crippen molar-refractivity contribution in [3.05, 3.63) is 0 Å². The number of ether oxygens (including phenoxy) is 1. The maximum absolute atomic E-state index is 11.1. The zero-order valence-corrected chi connectivity index (χ0v) is 8.05. The Balaban J connectivity index is 2.21. The van der Waals surface area contributed by atoms with E-state index in [0.717, 1.165) is 6.54 Å². The Labute approximate surface area is 72.8 Å². The summed E-state index contributed by atoms with van der Waals surface area (Å²) < 4.78 is 5.05. The molecule has 4 heteroatoms. The number of hydrogen-bond acceptors (Lipinski definition) is 3. The largest absolute Gasteiger partial charge is 0.443 e. The number of nitrogens with zero attached hydrogens (tertiary/aromatic N) is 1. The molecular weight excluding hydrogens is 156 g/mol. The summed E-state index contributed by atoms with van der Waals surface area (Å²) in [6, 6.07) is 0.456. The van der Waals surface area contributed by atoms with Gasteiger partial charge in [-0.2, -0.15) is 0 Å². The highest BCUT2D eigenvalue weighted by molar-refractivity contribution is 5.67. The Morgan fingerprint density at radius 1 is 1.58 bits per heavy atom. The minimum atomic E-state index is -0.413. The highest BCUT2D eigenvalue weighted by atomic mass is 16.6.